The van der Waals surface area contributed by atoms with E-state index in [0.717, 1.165) is 24.3 Å². The van der Waals surface area contributed by atoms with E-state index in [0.29, 0.717) is 6.42 Å². The molecule has 0 aliphatic rings. The first-order chi connectivity index (χ1) is 9.82. The summed E-state index contributed by atoms with van der Waals surface area (Å²) in [4.78, 5) is 23.5. The molecular formula is C16H25N3O2. The van der Waals surface area contributed by atoms with Crippen molar-refractivity contribution in [3.8, 4) is 0 Å². The molecule has 0 spiro atoms. The third-order valence-corrected chi connectivity index (χ3v) is 2.94. The van der Waals surface area contributed by atoms with Gasteiger partial charge in [0.25, 0.3) is 0 Å². The lowest BCUT2D eigenvalue weighted by atomic mass is 9.95. The number of benzene rings is 1. The van der Waals surface area contributed by atoms with Crippen LogP contribution >= 0.6 is 0 Å². The number of hydrogen-bond acceptors (Lipinski definition) is 3. The molecule has 116 valence electrons. The summed E-state index contributed by atoms with van der Waals surface area (Å²) in [5.74, 6) is -0.0388. The van der Waals surface area contributed by atoms with Gasteiger partial charge in [0.15, 0.2) is 0 Å². The number of carbonyl (C=O) groups excluding carboxylic acids is 2. The summed E-state index contributed by atoms with van der Waals surface area (Å²) in [7, 11) is 1.86. The molecule has 0 radical (unpaired) electrons. The standard InChI is InChI=1S/C16H25N3O2/c1-16(2,3)15(21)19-13-9-7-12(8-10-13)18-14(20)6-5-11-17-4/h7-10,17H,5-6,11H2,1-4H3,(H,18,20)(H,19,21). The van der Waals surface area contributed by atoms with E-state index in [2.05, 4.69) is 16.0 Å². The van der Waals surface area contributed by atoms with Crippen LogP contribution < -0.4 is 16.0 Å². The van der Waals surface area contributed by atoms with Gasteiger partial charge in [-0.2, -0.15) is 0 Å². The molecule has 21 heavy (non-hydrogen) atoms. The van der Waals surface area contributed by atoms with Crippen LogP contribution in [0.25, 0.3) is 0 Å². The quantitative estimate of drug-likeness (QED) is 0.706. The molecule has 2 amide bonds. The summed E-state index contributed by atoms with van der Waals surface area (Å²) in [6.45, 7) is 6.41. The Labute approximate surface area is 126 Å². The van der Waals surface area contributed by atoms with Crippen molar-refractivity contribution in [1.29, 1.82) is 0 Å². The fraction of sp³-hybridized carbons (Fsp3) is 0.500. The lowest BCUT2D eigenvalue weighted by molar-refractivity contribution is -0.123. The van der Waals surface area contributed by atoms with E-state index in [4.69, 9.17) is 0 Å². The van der Waals surface area contributed by atoms with Crippen LogP contribution in [0.1, 0.15) is 33.6 Å². The van der Waals surface area contributed by atoms with Gasteiger partial charge < -0.3 is 16.0 Å². The fourth-order valence-electron chi connectivity index (χ4n) is 1.60. The van der Waals surface area contributed by atoms with Gasteiger partial charge in [0, 0.05) is 23.2 Å². The molecule has 3 N–H and O–H groups in total. The average Bonchev–Trinajstić information content (AvgIpc) is 2.40. The maximum atomic E-state index is 11.9. The average molecular weight is 291 g/mol. The number of amides is 2. The van der Waals surface area contributed by atoms with Gasteiger partial charge >= 0.3 is 0 Å². The first-order valence-electron chi connectivity index (χ1n) is 7.19. The van der Waals surface area contributed by atoms with E-state index in [1.54, 1.807) is 24.3 Å². The van der Waals surface area contributed by atoms with Crippen LogP contribution in [-0.2, 0) is 9.59 Å². The van der Waals surface area contributed by atoms with Crippen molar-refractivity contribution >= 4 is 23.2 Å². The van der Waals surface area contributed by atoms with Gasteiger partial charge in [-0.25, -0.2) is 0 Å². The van der Waals surface area contributed by atoms with Crippen molar-refractivity contribution in [3.05, 3.63) is 24.3 Å². The molecular weight excluding hydrogens is 266 g/mol. The van der Waals surface area contributed by atoms with Crippen LogP contribution in [0.5, 0.6) is 0 Å². The monoisotopic (exact) mass is 291 g/mol. The fourth-order valence-corrected chi connectivity index (χ4v) is 1.60. The van der Waals surface area contributed by atoms with Crippen LogP contribution in [0.15, 0.2) is 24.3 Å². The number of carbonyl (C=O) groups is 2. The van der Waals surface area contributed by atoms with E-state index in [-0.39, 0.29) is 11.8 Å². The molecule has 0 aromatic heterocycles. The minimum absolute atomic E-state index is 0.00303. The molecule has 0 aliphatic heterocycles. The third-order valence-electron chi connectivity index (χ3n) is 2.94. The van der Waals surface area contributed by atoms with Crippen molar-refractivity contribution in [1.82, 2.24) is 5.32 Å². The molecule has 1 aromatic carbocycles. The van der Waals surface area contributed by atoms with Crippen molar-refractivity contribution in [3.63, 3.8) is 0 Å². The number of rotatable bonds is 6. The molecule has 0 atom stereocenters. The topological polar surface area (TPSA) is 70.2 Å². The normalized spacial score (nSPS) is 11.0. The van der Waals surface area contributed by atoms with Crippen molar-refractivity contribution < 1.29 is 9.59 Å². The maximum absolute atomic E-state index is 11.9. The van der Waals surface area contributed by atoms with Crippen LogP contribution in [-0.4, -0.2) is 25.4 Å². The van der Waals surface area contributed by atoms with Gasteiger partial charge in [-0.05, 0) is 44.3 Å². The van der Waals surface area contributed by atoms with E-state index >= 15 is 0 Å². The molecule has 1 aromatic rings. The summed E-state index contributed by atoms with van der Waals surface area (Å²) >= 11 is 0. The second-order valence-corrected chi connectivity index (χ2v) is 6.04. The van der Waals surface area contributed by atoms with Crippen molar-refractivity contribution in [2.45, 2.75) is 33.6 Å². The van der Waals surface area contributed by atoms with Gasteiger partial charge in [-0.1, -0.05) is 20.8 Å². The Hall–Kier alpha value is -1.88. The summed E-state index contributed by atoms with van der Waals surface area (Å²) in [6, 6.07) is 7.14. The Bertz CT molecular complexity index is 475. The maximum Gasteiger partial charge on any atom is 0.229 e. The first kappa shape index (κ1) is 17.2. The van der Waals surface area contributed by atoms with E-state index in [1.165, 1.54) is 0 Å². The highest BCUT2D eigenvalue weighted by atomic mass is 16.2. The molecule has 1 rings (SSSR count). The summed E-state index contributed by atoms with van der Waals surface area (Å²) in [6.07, 6.45) is 1.30. The largest absolute Gasteiger partial charge is 0.326 e. The highest BCUT2D eigenvalue weighted by Crippen LogP contribution is 2.19. The molecule has 0 unspecified atom stereocenters. The predicted molar refractivity (Wildman–Crippen MR) is 86.3 cm³/mol. The van der Waals surface area contributed by atoms with E-state index in [1.807, 2.05) is 27.8 Å². The van der Waals surface area contributed by atoms with E-state index < -0.39 is 5.41 Å². The molecule has 0 saturated heterocycles. The van der Waals surface area contributed by atoms with Crippen LogP contribution in [0.2, 0.25) is 0 Å². The highest BCUT2D eigenvalue weighted by molar-refractivity contribution is 5.95. The smallest absolute Gasteiger partial charge is 0.229 e. The zero-order valence-corrected chi connectivity index (χ0v) is 13.2. The highest BCUT2D eigenvalue weighted by Gasteiger charge is 2.20. The summed E-state index contributed by atoms with van der Waals surface area (Å²) in [5.41, 5.74) is 1.03. The first-order valence-corrected chi connectivity index (χ1v) is 7.19. The molecule has 5 nitrogen and oxygen atoms in total. The van der Waals surface area contributed by atoms with Gasteiger partial charge in [0.05, 0.1) is 0 Å². The summed E-state index contributed by atoms with van der Waals surface area (Å²) in [5, 5.41) is 8.68. The van der Waals surface area contributed by atoms with Gasteiger partial charge in [0.2, 0.25) is 11.8 Å². The van der Waals surface area contributed by atoms with Crippen LogP contribution in [0.4, 0.5) is 11.4 Å². The molecule has 0 bridgehead atoms. The minimum atomic E-state index is -0.430. The lowest BCUT2D eigenvalue weighted by Gasteiger charge is -2.17. The molecule has 0 saturated carbocycles. The second-order valence-electron chi connectivity index (χ2n) is 6.04. The van der Waals surface area contributed by atoms with Crippen molar-refractivity contribution in [2.75, 3.05) is 24.2 Å². The Morgan fingerprint density at radius 1 is 1.00 bits per heavy atom. The van der Waals surface area contributed by atoms with Crippen LogP contribution in [0, 0.1) is 5.41 Å². The second kappa shape index (κ2) is 7.78. The zero-order valence-electron chi connectivity index (χ0n) is 13.2. The van der Waals surface area contributed by atoms with Gasteiger partial charge in [-0.15, -0.1) is 0 Å². The molecule has 0 heterocycles. The Balaban J connectivity index is 2.50. The lowest BCUT2D eigenvalue weighted by Crippen LogP contribution is -2.27. The van der Waals surface area contributed by atoms with Crippen LogP contribution in [0.3, 0.4) is 0 Å². The Kier molecular flexibility index (Phi) is 6.37. The Morgan fingerprint density at radius 2 is 1.52 bits per heavy atom. The summed E-state index contributed by atoms with van der Waals surface area (Å²) < 4.78 is 0. The number of nitrogens with one attached hydrogen (secondary N) is 3. The SMILES string of the molecule is CNCCCC(=O)Nc1ccc(NC(=O)C(C)(C)C)cc1. The van der Waals surface area contributed by atoms with Gasteiger partial charge in [0.1, 0.15) is 0 Å². The Morgan fingerprint density at radius 3 is 2.00 bits per heavy atom. The predicted octanol–water partition coefficient (Wildman–Crippen LogP) is 2.61. The van der Waals surface area contributed by atoms with Crippen molar-refractivity contribution in [2.24, 2.45) is 5.41 Å². The minimum Gasteiger partial charge on any atom is -0.326 e. The molecule has 5 heteroatoms. The number of anilines is 2. The third kappa shape index (κ3) is 6.40. The molecule has 0 aliphatic carbocycles. The molecule has 0 fully saturated rings. The van der Waals surface area contributed by atoms with Gasteiger partial charge in [-0.3, -0.25) is 9.59 Å². The zero-order chi connectivity index (χ0) is 15.9. The number of hydrogen-bond donors (Lipinski definition) is 3. The van der Waals surface area contributed by atoms with E-state index in [9.17, 15) is 9.59 Å².